The highest BCUT2D eigenvalue weighted by Crippen LogP contribution is 2.21. The molecule has 0 bridgehead atoms. The number of aliphatic hydroxyl groups excluding tert-OH is 1. The number of rotatable bonds is 4. The first-order valence-electron chi connectivity index (χ1n) is 5.18. The van der Waals surface area contributed by atoms with Gasteiger partial charge in [0.2, 0.25) is 0 Å². The fraction of sp³-hybridized carbons (Fsp3) is 0.500. The van der Waals surface area contributed by atoms with Gasteiger partial charge in [-0.1, -0.05) is 6.07 Å². The maximum atomic E-state index is 9.68. The molecule has 0 aliphatic rings. The lowest BCUT2D eigenvalue weighted by Gasteiger charge is -2.10. The first-order valence-corrected chi connectivity index (χ1v) is 5.18. The van der Waals surface area contributed by atoms with Crippen molar-refractivity contribution in [3.8, 4) is 5.75 Å². The molecule has 0 aromatic heterocycles. The fourth-order valence-corrected chi connectivity index (χ4v) is 1.42. The Kier molecular flexibility index (Phi) is 4.12. The van der Waals surface area contributed by atoms with Gasteiger partial charge in [0.1, 0.15) is 5.75 Å². The number of benzene rings is 1. The van der Waals surface area contributed by atoms with Gasteiger partial charge in [-0.2, -0.15) is 0 Å². The van der Waals surface area contributed by atoms with E-state index in [4.69, 9.17) is 5.11 Å². The molecule has 0 heterocycles. The third-order valence-corrected chi connectivity index (χ3v) is 2.45. The van der Waals surface area contributed by atoms with Crippen LogP contribution in [0.1, 0.15) is 23.6 Å². The van der Waals surface area contributed by atoms with Crippen molar-refractivity contribution in [2.45, 2.75) is 33.4 Å². The minimum absolute atomic E-state index is 0.316. The normalized spacial score (nSPS) is 12.8. The summed E-state index contributed by atoms with van der Waals surface area (Å²) in [5.74, 6) is 0.316. The molecule has 3 N–H and O–H groups in total. The minimum atomic E-state index is -0.362. The third kappa shape index (κ3) is 3.53. The Hall–Kier alpha value is -1.06. The maximum Gasteiger partial charge on any atom is 0.120 e. The molecule has 15 heavy (non-hydrogen) atoms. The number of hydrogen-bond acceptors (Lipinski definition) is 3. The Morgan fingerprint density at radius 1 is 1.27 bits per heavy atom. The van der Waals surface area contributed by atoms with Gasteiger partial charge in [-0.05, 0) is 38.0 Å². The van der Waals surface area contributed by atoms with Gasteiger partial charge in [0, 0.05) is 18.7 Å². The van der Waals surface area contributed by atoms with E-state index in [1.807, 2.05) is 19.9 Å². The smallest absolute Gasteiger partial charge is 0.120 e. The molecular weight excluding hydrogens is 190 g/mol. The molecule has 1 atom stereocenters. The summed E-state index contributed by atoms with van der Waals surface area (Å²) >= 11 is 0. The van der Waals surface area contributed by atoms with Gasteiger partial charge in [0.15, 0.2) is 0 Å². The van der Waals surface area contributed by atoms with Crippen LogP contribution in [0.5, 0.6) is 5.75 Å². The van der Waals surface area contributed by atoms with Crippen LogP contribution in [0.3, 0.4) is 0 Å². The second kappa shape index (κ2) is 5.14. The standard InChI is InChI=1S/C12H19NO2/c1-8-4-11(7-13-6-10(3)14)12(15)5-9(8)2/h4-5,10,13-15H,6-7H2,1-3H3/t10-/m0/s1. The van der Waals surface area contributed by atoms with E-state index < -0.39 is 0 Å². The van der Waals surface area contributed by atoms with Gasteiger partial charge >= 0.3 is 0 Å². The van der Waals surface area contributed by atoms with Crippen molar-refractivity contribution in [2.24, 2.45) is 0 Å². The van der Waals surface area contributed by atoms with Crippen LogP contribution < -0.4 is 5.32 Å². The predicted molar refractivity (Wildman–Crippen MR) is 61.0 cm³/mol. The van der Waals surface area contributed by atoms with Crippen molar-refractivity contribution in [3.63, 3.8) is 0 Å². The van der Waals surface area contributed by atoms with Crippen molar-refractivity contribution in [1.82, 2.24) is 5.32 Å². The average molecular weight is 209 g/mol. The van der Waals surface area contributed by atoms with E-state index in [9.17, 15) is 5.11 Å². The number of phenols is 1. The summed E-state index contributed by atoms with van der Waals surface area (Å²) in [5.41, 5.74) is 3.13. The summed E-state index contributed by atoms with van der Waals surface area (Å²) in [6.45, 7) is 6.84. The second-order valence-corrected chi connectivity index (χ2v) is 4.05. The highest BCUT2D eigenvalue weighted by Gasteiger charge is 2.04. The Morgan fingerprint density at radius 3 is 2.47 bits per heavy atom. The van der Waals surface area contributed by atoms with Gasteiger partial charge in [-0.3, -0.25) is 0 Å². The van der Waals surface area contributed by atoms with Crippen LogP contribution in [0.25, 0.3) is 0 Å². The number of aryl methyl sites for hydroxylation is 2. The van der Waals surface area contributed by atoms with Gasteiger partial charge in [0.25, 0.3) is 0 Å². The molecule has 0 unspecified atom stereocenters. The van der Waals surface area contributed by atoms with Gasteiger partial charge in [-0.25, -0.2) is 0 Å². The van der Waals surface area contributed by atoms with Crippen LogP contribution in [0.2, 0.25) is 0 Å². The molecule has 0 fully saturated rings. The Balaban J connectivity index is 2.65. The van der Waals surface area contributed by atoms with Crippen molar-refractivity contribution in [1.29, 1.82) is 0 Å². The lowest BCUT2D eigenvalue weighted by atomic mass is 10.1. The van der Waals surface area contributed by atoms with E-state index in [1.54, 1.807) is 13.0 Å². The molecule has 0 spiro atoms. The topological polar surface area (TPSA) is 52.5 Å². The molecule has 3 nitrogen and oxygen atoms in total. The molecule has 0 radical (unpaired) electrons. The molecule has 0 saturated heterocycles. The molecule has 0 aliphatic heterocycles. The highest BCUT2D eigenvalue weighted by atomic mass is 16.3. The van der Waals surface area contributed by atoms with E-state index in [1.165, 1.54) is 5.56 Å². The van der Waals surface area contributed by atoms with Gasteiger partial charge < -0.3 is 15.5 Å². The van der Waals surface area contributed by atoms with Crippen molar-refractivity contribution >= 4 is 0 Å². The lowest BCUT2D eigenvalue weighted by molar-refractivity contribution is 0.191. The van der Waals surface area contributed by atoms with Crippen LogP contribution in [0.4, 0.5) is 0 Å². The number of aromatic hydroxyl groups is 1. The first-order chi connectivity index (χ1) is 7.00. The number of nitrogens with one attached hydrogen (secondary N) is 1. The van der Waals surface area contributed by atoms with Crippen LogP contribution in [0.15, 0.2) is 12.1 Å². The maximum absolute atomic E-state index is 9.68. The summed E-state index contributed by atoms with van der Waals surface area (Å²) in [5, 5.41) is 21.8. The zero-order chi connectivity index (χ0) is 11.4. The summed E-state index contributed by atoms with van der Waals surface area (Å²) < 4.78 is 0. The van der Waals surface area contributed by atoms with Crippen LogP contribution in [0, 0.1) is 13.8 Å². The summed E-state index contributed by atoms with van der Waals surface area (Å²) in [6, 6.07) is 3.74. The van der Waals surface area contributed by atoms with Crippen LogP contribution in [-0.4, -0.2) is 22.9 Å². The second-order valence-electron chi connectivity index (χ2n) is 4.05. The monoisotopic (exact) mass is 209 g/mol. The lowest BCUT2D eigenvalue weighted by Crippen LogP contribution is -2.23. The summed E-state index contributed by atoms with van der Waals surface area (Å²) in [6.07, 6.45) is -0.362. The van der Waals surface area contributed by atoms with Crippen molar-refractivity contribution in [3.05, 3.63) is 28.8 Å². The zero-order valence-electron chi connectivity index (χ0n) is 9.54. The molecule has 0 amide bonds. The van der Waals surface area contributed by atoms with E-state index in [-0.39, 0.29) is 6.10 Å². The summed E-state index contributed by atoms with van der Waals surface area (Å²) in [7, 11) is 0. The molecule has 0 saturated carbocycles. The molecule has 3 heteroatoms. The molecule has 0 aliphatic carbocycles. The molecule has 84 valence electrons. The SMILES string of the molecule is Cc1cc(O)c(CNC[C@H](C)O)cc1C. The molecule has 1 rings (SSSR count). The highest BCUT2D eigenvalue weighted by molar-refractivity contribution is 5.40. The largest absolute Gasteiger partial charge is 0.508 e. The summed E-state index contributed by atoms with van der Waals surface area (Å²) in [4.78, 5) is 0. The third-order valence-electron chi connectivity index (χ3n) is 2.45. The van der Waals surface area contributed by atoms with Crippen molar-refractivity contribution in [2.75, 3.05) is 6.54 Å². The quantitative estimate of drug-likeness (QED) is 0.704. The first kappa shape index (κ1) is 12.0. The average Bonchev–Trinajstić information content (AvgIpc) is 2.13. The number of hydrogen-bond donors (Lipinski definition) is 3. The van der Waals surface area contributed by atoms with E-state index in [0.717, 1.165) is 11.1 Å². The van der Waals surface area contributed by atoms with Crippen LogP contribution in [-0.2, 0) is 6.54 Å². The number of aliphatic hydroxyl groups is 1. The fourth-order valence-electron chi connectivity index (χ4n) is 1.42. The molecular formula is C12H19NO2. The van der Waals surface area contributed by atoms with Crippen LogP contribution >= 0.6 is 0 Å². The molecule has 1 aromatic carbocycles. The van der Waals surface area contributed by atoms with Crippen molar-refractivity contribution < 1.29 is 10.2 Å². The Labute approximate surface area is 90.8 Å². The Bertz CT molecular complexity index is 335. The number of phenolic OH excluding ortho intramolecular Hbond substituents is 1. The van der Waals surface area contributed by atoms with E-state index in [0.29, 0.717) is 18.8 Å². The predicted octanol–water partition coefficient (Wildman–Crippen LogP) is 1.48. The minimum Gasteiger partial charge on any atom is -0.508 e. The van der Waals surface area contributed by atoms with E-state index >= 15 is 0 Å². The molecule has 1 aromatic rings. The van der Waals surface area contributed by atoms with Gasteiger partial charge in [-0.15, -0.1) is 0 Å². The Morgan fingerprint density at radius 2 is 1.87 bits per heavy atom. The van der Waals surface area contributed by atoms with E-state index in [2.05, 4.69) is 5.32 Å². The van der Waals surface area contributed by atoms with Gasteiger partial charge in [0.05, 0.1) is 6.10 Å². The zero-order valence-corrected chi connectivity index (χ0v) is 9.54.